The molecule has 2 aliphatic heterocycles. The number of carbonyl (C=O) groups excluding carboxylic acids is 1. The molecule has 2 aromatic rings. The van der Waals surface area contributed by atoms with Gasteiger partial charge in [0.1, 0.15) is 5.76 Å². The molecule has 4 heterocycles. The van der Waals surface area contributed by atoms with Gasteiger partial charge in [-0.3, -0.25) is 4.79 Å². The molecule has 1 saturated heterocycles. The zero-order valence-electron chi connectivity index (χ0n) is 13.2. The number of ether oxygens (including phenoxy) is 1. The second-order valence-corrected chi connectivity index (χ2v) is 6.35. The highest BCUT2D eigenvalue weighted by Crippen LogP contribution is 2.31. The first-order valence-electron chi connectivity index (χ1n) is 7.88. The summed E-state index contributed by atoms with van der Waals surface area (Å²) in [6.45, 7) is 5.70. The molecule has 8 nitrogen and oxygen atoms in total. The fraction of sp³-hybridized carbons (Fsp3) is 0.600. The molecule has 122 valence electrons. The Bertz CT molecular complexity index is 722. The quantitative estimate of drug-likeness (QED) is 0.831. The van der Waals surface area contributed by atoms with Crippen molar-refractivity contribution in [2.24, 2.45) is 0 Å². The smallest absolute Gasteiger partial charge is 0.276 e. The van der Waals surface area contributed by atoms with E-state index < -0.39 is 0 Å². The van der Waals surface area contributed by atoms with Crippen LogP contribution < -0.4 is 0 Å². The van der Waals surface area contributed by atoms with Gasteiger partial charge in [0, 0.05) is 19.0 Å². The minimum atomic E-state index is -0.0897. The van der Waals surface area contributed by atoms with E-state index in [4.69, 9.17) is 9.15 Å². The molecule has 2 unspecified atom stereocenters. The van der Waals surface area contributed by atoms with Crippen LogP contribution >= 0.6 is 0 Å². The molecule has 0 N–H and O–H groups in total. The lowest BCUT2D eigenvalue weighted by atomic mass is 9.99. The summed E-state index contributed by atoms with van der Waals surface area (Å²) in [5, 5.41) is 8.11. The van der Waals surface area contributed by atoms with Gasteiger partial charge in [-0.05, 0) is 6.42 Å². The molecule has 0 bridgehead atoms. The Balaban J connectivity index is 1.58. The molecule has 2 aliphatic rings. The first-order valence-corrected chi connectivity index (χ1v) is 7.88. The SMILES string of the molecule is CC(C)c1ocnc1C(=O)N1CCC2OCc3cnnn3C2C1. The lowest BCUT2D eigenvalue weighted by Gasteiger charge is -2.40. The monoisotopic (exact) mass is 317 g/mol. The van der Waals surface area contributed by atoms with Crippen molar-refractivity contribution < 1.29 is 13.9 Å². The van der Waals surface area contributed by atoms with Gasteiger partial charge in [0.05, 0.1) is 30.6 Å². The van der Waals surface area contributed by atoms with Crippen LogP contribution in [-0.2, 0) is 11.3 Å². The lowest BCUT2D eigenvalue weighted by molar-refractivity contribution is -0.0605. The van der Waals surface area contributed by atoms with E-state index >= 15 is 0 Å². The highest BCUT2D eigenvalue weighted by atomic mass is 16.5. The van der Waals surface area contributed by atoms with Crippen molar-refractivity contribution in [3.63, 3.8) is 0 Å². The van der Waals surface area contributed by atoms with E-state index in [1.807, 2.05) is 23.4 Å². The predicted molar refractivity (Wildman–Crippen MR) is 78.7 cm³/mol. The summed E-state index contributed by atoms with van der Waals surface area (Å²) >= 11 is 0. The van der Waals surface area contributed by atoms with Crippen LogP contribution in [-0.4, -0.2) is 50.0 Å². The van der Waals surface area contributed by atoms with E-state index in [0.717, 1.165) is 12.1 Å². The molecular weight excluding hydrogens is 298 g/mol. The van der Waals surface area contributed by atoms with Gasteiger partial charge in [-0.1, -0.05) is 19.1 Å². The summed E-state index contributed by atoms with van der Waals surface area (Å²) in [6, 6.07) is 0.00773. The third-order valence-corrected chi connectivity index (χ3v) is 4.54. The molecule has 23 heavy (non-hydrogen) atoms. The number of piperidine rings is 1. The van der Waals surface area contributed by atoms with Crippen LogP contribution in [0.2, 0.25) is 0 Å². The summed E-state index contributed by atoms with van der Waals surface area (Å²) < 4.78 is 13.1. The molecular formula is C15H19N5O3. The lowest BCUT2D eigenvalue weighted by Crippen LogP contribution is -2.50. The second kappa shape index (κ2) is 5.45. The van der Waals surface area contributed by atoms with Crippen molar-refractivity contribution in [1.29, 1.82) is 0 Å². The van der Waals surface area contributed by atoms with Crippen LogP contribution in [0.1, 0.15) is 54.2 Å². The number of aromatic nitrogens is 4. The molecule has 0 saturated carbocycles. The first-order chi connectivity index (χ1) is 11.1. The standard InChI is InChI=1S/C15H19N5O3/c1-9(2)14-13(16-8-23-14)15(21)19-4-3-12-11(6-19)20-10(7-22-12)5-17-18-20/h5,8-9,11-12H,3-4,6-7H2,1-2H3. The highest BCUT2D eigenvalue weighted by Gasteiger charge is 2.39. The second-order valence-electron chi connectivity index (χ2n) is 6.35. The number of hydrogen-bond acceptors (Lipinski definition) is 6. The first kappa shape index (κ1) is 14.4. The maximum Gasteiger partial charge on any atom is 0.276 e. The maximum absolute atomic E-state index is 12.8. The van der Waals surface area contributed by atoms with Crippen LogP contribution in [0.15, 0.2) is 17.0 Å². The zero-order chi connectivity index (χ0) is 16.0. The molecule has 1 fully saturated rings. The molecule has 0 aromatic carbocycles. The van der Waals surface area contributed by atoms with Gasteiger partial charge < -0.3 is 14.1 Å². The fourth-order valence-corrected chi connectivity index (χ4v) is 3.34. The number of amides is 1. The van der Waals surface area contributed by atoms with Crippen LogP contribution in [0.4, 0.5) is 0 Å². The van der Waals surface area contributed by atoms with E-state index in [2.05, 4.69) is 15.3 Å². The van der Waals surface area contributed by atoms with Crippen LogP contribution in [0, 0.1) is 0 Å². The van der Waals surface area contributed by atoms with Crippen molar-refractivity contribution in [2.45, 2.75) is 44.9 Å². The molecule has 2 atom stereocenters. The van der Waals surface area contributed by atoms with E-state index in [0.29, 0.717) is 31.2 Å². The third kappa shape index (κ3) is 2.33. The van der Waals surface area contributed by atoms with E-state index in [-0.39, 0.29) is 24.0 Å². The molecule has 8 heteroatoms. The summed E-state index contributed by atoms with van der Waals surface area (Å²) in [4.78, 5) is 18.8. The van der Waals surface area contributed by atoms with E-state index in [9.17, 15) is 4.79 Å². The van der Waals surface area contributed by atoms with Gasteiger partial charge in [-0.2, -0.15) is 0 Å². The number of hydrogen-bond donors (Lipinski definition) is 0. The van der Waals surface area contributed by atoms with Crippen LogP contribution in [0.3, 0.4) is 0 Å². The van der Waals surface area contributed by atoms with Gasteiger partial charge in [0.2, 0.25) is 0 Å². The fourth-order valence-electron chi connectivity index (χ4n) is 3.34. The third-order valence-electron chi connectivity index (χ3n) is 4.54. The normalized spacial score (nSPS) is 23.7. The summed E-state index contributed by atoms with van der Waals surface area (Å²) in [5.74, 6) is 0.667. The largest absolute Gasteiger partial charge is 0.447 e. The van der Waals surface area contributed by atoms with Gasteiger partial charge in [-0.25, -0.2) is 9.67 Å². The van der Waals surface area contributed by atoms with Gasteiger partial charge in [-0.15, -0.1) is 5.10 Å². The average molecular weight is 317 g/mol. The number of likely N-dealkylation sites (tertiary alicyclic amines) is 1. The number of carbonyl (C=O) groups is 1. The molecule has 2 aromatic heterocycles. The predicted octanol–water partition coefficient (Wildman–Crippen LogP) is 1.38. The van der Waals surface area contributed by atoms with Crippen molar-refractivity contribution in [2.75, 3.05) is 13.1 Å². The molecule has 4 rings (SSSR count). The summed E-state index contributed by atoms with van der Waals surface area (Å²) in [5.41, 5.74) is 1.36. The Morgan fingerprint density at radius 2 is 2.30 bits per heavy atom. The Kier molecular flexibility index (Phi) is 3.41. The minimum absolute atomic E-state index is 0.00773. The highest BCUT2D eigenvalue weighted by molar-refractivity contribution is 5.93. The number of fused-ring (bicyclic) bond motifs is 3. The topological polar surface area (TPSA) is 86.3 Å². The van der Waals surface area contributed by atoms with Crippen molar-refractivity contribution in [3.05, 3.63) is 29.7 Å². The Morgan fingerprint density at radius 3 is 3.13 bits per heavy atom. The molecule has 0 radical (unpaired) electrons. The molecule has 0 spiro atoms. The van der Waals surface area contributed by atoms with Crippen LogP contribution in [0.25, 0.3) is 0 Å². The Morgan fingerprint density at radius 1 is 1.43 bits per heavy atom. The van der Waals surface area contributed by atoms with Crippen molar-refractivity contribution in [1.82, 2.24) is 24.9 Å². The Hall–Kier alpha value is -2.22. The Labute approximate surface area is 133 Å². The number of rotatable bonds is 2. The van der Waals surface area contributed by atoms with Gasteiger partial charge in [0.25, 0.3) is 5.91 Å². The number of nitrogens with zero attached hydrogens (tertiary/aromatic N) is 5. The molecule has 0 aliphatic carbocycles. The molecule has 1 amide bonds. The van der Waals surface area contributed by atoms with Gasteiger partial charge >= 0.3 is 0 Å². The zero-order valence-corrected chi connectivity index (χ0v) is 13.2. The number of oxazole rings is 1. The van der Waals surface area contributed by atoms with Crippen molar-refractivity contribution >= 4 is 5.91 Å². The average Bonchev–Trinajstić information content (AvgIpc) is 3.22. The van der Waals surface area contributed by atoms with E-state index in [1.165, 1.54) is 6.39 Å². The maximum atomic E-state index is 12.8. The summed E-state index contributed by atoms with van der Waals surface area (Å²) in [7, 11) is 0. The van der Waals surface area contributed by atoms with Crippen molar-refractivity contribution in [3.8, 4) is 0 Å². The minimum Gasteiger partial charge on any atom is -0.447 e. The van der Waals surface area contributed by atoms with E-state index in [1.54, 1.807) is 6.20 Å². The van der Waals surface area contributed by atoms with Gasteiger partial charge in [0.15, 0.2) is 12.1 Å². The van der Waals surface area contributed by atoms with Crippen LogP contribution in [0.5, 0.6) is 0 Å². The summed E-state index contributed by atoms with van der Waals surface area (Å²) in [6.07, 6.45) is 3.92.